The molecule has 1 unspecified atom stereocenters. The number of ether oxygens (including phenoxy) is 2. The lowest BCUT2D eigenvalue weighted by atomic mass is 10.00. The number of nitro benzene ring substituents is 1. The van der Waals surface area contributed by atoms with Crippen molar-refractivity contribution in [3.05, 3.63) is 33.9 Å². The van der Waals surface area contributed by atoms with Gasteiger partial charge in [-0.2, -0.15) is 0 Å². The van der Waals surface area contributed by atoms with Crippen LogP contribution < -0.4 is 4.74 Å². The van der Waals surface area contributed by atoms with Crippen molar-refractivity contribution in [1.82, 2.24) is 4.90 Å². The Labute approximate surface area is 152 Å². The molecule has 2 rings (SSSR count). The molecule has 1 aromatic rings. The SMILES string of the molecule is CCOc1ccc(C(=O)OCC(=O)N2CCCCC2CC)cc1[N+](=O)[O-]. The van der Waals surface area contributed by atoms with Crippen LogP contribution in [-0.4, -0.2) is 47.5 Å². The molecular formula is C18H24N2O6. The molecule has 142 valence electrons. The molecule has 8 nitrogen and oxygen atoms in total. The first-order valence-corrected chi connectivity index (χ1v) is 8.85. The number of piperidine rings is 1. The second kappa shape index (κ2) is 9.17. The van der Waals surface area contributed by atoms with Gasteiger partial charge in [0.1, 0.15) is 0 Å². The van der Waals surface area contributed by atoms with Gasteiger partial charge in [-0.3, -0.25) is 14.9 Å². The van der Waals surface area contributed by atoms with Gasteiger partial charge in [-0.05, 0) is 44.7 Å². The van der Waals surface area contributed by atoms with Crippen molar-refractivity contribution in [2.45, 2.75) is 45.6 Å². The zero-order valence-electron chi connectivity index (χ0n) is 15.1. The molecule has 0 N–H and O–H groups in total. The van der Waals surface area contributed by atoms with Gasteiger partial charge in [0.25, 0.3) is 5.91 Å². The van der Waals surface area contributed by atoms with Gasteiger partial charge >= 0.3 is 11.7 Å². The Hall–Kier alpha value is -2.64. The van der Waals surface area contributed by atoms with Crippen LogP contribution in [-0.2, 0) is 9.53 Å². The highest BCUT2D eigenvalue weighted by Crippen LogP contribution is 2.28. The number of benzene rings is 1. The van der Waals surface area contributed by atoms with Crippen LogP contribution in [0.1, 0.15) is 49.9 Å². The molecule has 1 saturated heterocycles. The number of esters is 1. The highest BCUT2D eigenvalue weighted by atomic mass is 16.6. The average molecular weight is 364 g/mol. The summed E-state index contributed by atoms with van der Waals surface area (Å²) >= 11 is 0. The summed E-state index contributed by atoms with van der Waals surface area (Å²) < 4.78 is 10.3. The number of rotatable bonds is 7. The lowest BCUT2D eigenvalue weighted by Gasteiger charge is -2.35. The maximum Gasteiger partial charge on any atom is 0.338 e. The normalized spacial score (nSPS) is 16.8. The van der Waals surface area contributed by atoms with Gasteiger partial charge in [0.05, 0.1) is 17.1 Å². The standard InChI is InChI=1S/C18H24N2O6/c1-3-14-7-5-6-10-19(14)17(21)12-26-18(22)13-8-9-16(25-4-2)15(11-13)20(23)24/h8-9,11,14H,3-7,10,12H2,1-2H3. The molecule has 1 fully saturated rings. The van der Waals surface area contributed by atoms with E-state index in [0.29, 0.717) is 6.54 Å². The molecule has 8 heteroatoms. The van der Waals surface area contributed by atoms with E-state index in [1.54, 1.807) is 11.8 Å². The number of hydrogen-bond acceptors (Lipinski definition) is 6. The molecular weight excluding hydrogens is 340 g/mol. The van der Waals surface area contributed by atoms with Gasteiger partial charge in [0.2, 0.25) is 0 Å². The van der Waals surface area contributed by atoms with Crippen molar-refractivity contribution in [3.63, 3.8) is 0 Å². The van der Waals surface area contributed by atoms with Crippen LogP contribution in [0, 0.1) is 10.1 Å². The zero-order valence-corrected chi connectivity index (χ0v) is 15.1. The number of carbonyl (C=O) groups is 2. The minimum atomic E-state index is -0.769. The minimum Gasteiger partial charge on any atom is -0.487 e. The maximum atomic E-state index is 12.3. The summed E-state index contributed by atoms with van der Waals surface area (Å²) in [5, 5.41) is 11.1. The molecule has 0 aliphatic carbocycles. The molecule has 1 amide bonds. The molecule has 1 atom stereocenters. The zero-order chi connectivity index (χ0) is 19.1. The Morgan fingerprint density at radius 2 is 2.08 bits per heavy atom. The van der Waals surface area contributed by atoms with Crippen molar-refractivity contribution in [3.8, 4) is 5.75 Å². The van der Waals surface area contributed by atoms with E-state index in [9.17, 15) is 19.7 Å². The van der Waals surface area contributed by atoms with E-state index in [2.05, 4.69) is 0 Å². The largest absolute Gasteiger partial charge is 0.487 e. The summed E-state index contributed by atoms with van der Waals surface area (Å²) in [4.78, 5) is 36.8. The number of nitrogens with zero attached hydrogens (tertiary/aromatic N) is 2. The molecule has 1 aliphatic rings. The van der Waals surface area contributed by atoms with Crippen LogP contribution in [0.4, 0.5) is 5.69 Å². The predicted molar refractivity (Wildman–Crippen MR) is 94.2 cm³/mol. The lowest BCUT2D eigenvalue weighted by Crippen LogP contribution is -2.45. The summed E-state index contributed by atoms with van der Waals surface area (Å²) in [7, 11) is 0. The topological polar surface area (TPSA) is 99.0 Å². The van der Waals surface area contributed by atoms with Crippen LogP contribution in [0.15, 0.2) is 18.2 Å². The molecule has 1 aromatic carbocycles. The Balaban J connectivity index is 2.02. The second-order valence-electron chi connectivity index (χ2n) is 6.09. The third kappa shape index (κ3) is 4.71. The van der Waals surface area contributed by atoms with E-state index < -0.39 is 10.9 Å². The molecule has 0 spiro atoms. The van der Waals surface area contributed by atoms with Crippen molar-refractivity contribution >= 4 is 17.6 Å². The number of likely N-dealkylation sites (tertiary alicyclic amines) is 1. The smallest absolute Gasteiger partial charge is 0.338 e. The van der Waals surface area contributed by atoms with Gasteiger partial charge in [-0.1, -0.05) is 6.92 Å². The van der Waals surface area contributed by atoms with Crippen LogP contribution in [0.3, 0.4) is 0 Å². The Bertz CT molecular complexity index is 676. The fourth-order valence-corrected chi connectivity index (χ4v) is 3.11. The van der Waals surface area contributed by atoms with E-state index in [0.717, 1.165) is 31.7 Å². The molecule has 0 radical (unpaired) electrons. The first-order valence-electron chi connectivity index (χ1n) is 8.85. The Kier molecular flexibility index (Phi) is 6.94. The Morgan fingerprint density at radius 3 is 2.73 bits per heavy atom. The first-order chi connectivity index (χ1) is 12.5. The summed E-state index contributed by atoms with van der Waals surface area (Å²) in [6.45, 7) is 4.32. The average Bonchev–Trinajstić information content (AvgIpc) is 2.66. The molecule has 1 heterocycles. The number of carbonyl (C=O) groups excluding carboxylic acids is 2. The van der Waals surface area contributed by atoms with Crippen LogP contribution in [0.2, 0.25) is 0 Å². The van der Waals surface area contributed by atoms with Crippen LogP contribution in [0.25, 0.3) is 0 Å². The second-order valence-corrected chi connectivity index (χ2v) is 6.09. The van der Waals surface area contributed by atoms with E-state index in [4.69, 9.17) is 9.47 Å². The minimum absolute atomic E-state index is 0.0126. The van der Waals surface area contributed by atoms with Crippen LogP contribution in [0.5, 0.6) is 5.75 Å². The van der Waals surface area contributed by atoms with Crippen molar-refractivity contribution in [2.75, 3.05) is 19.8 Å². The fraction of sp³-hybridized carbons (Fsp3) is 0.556. The van der Waals surface area contributed by atoms with E-state index in [1.165, 1.54) is 12.1 Å². The number of amides is 1. The van der Waals surface area contributed by atoms with Gasteiger partial charge < -0.3 is 14.4 Å². The predicted octanol–water partition coefficient (Wildman–Crippen LogP) is 2.94. The summed E-state index contributed by atoms with van der Waals surface area (Å²) in [6.07, 6.45) is 3.87. The summed E-state index contributed by atoms with van der Waals surface area (Å²) in [5.41, 5.74) is -0.298. The number of hydrogen-bond donors (Lipinski definition) is 0. The molecule has 0 bridgehead atoms. The van der Waals surface area contributed by atoms with Crippen LogP contribution >= 0.6 is 0 Å². The quantitative estimate of drug-likeness (QED) is 0.419. The lowest BCUT2D eigenvalue weighted by molar-refractivity contribution is -0.385. The highest BCUT2D eigenvalue weighted by molar-refractivity contribution is 5.92. The van der Waals surface area contributed by atoms with E-state index >= 15 is 0 Å². The van der Waals surface area contributed by atoms with Crippen molar-refractivity contribution in [1.29, 1.82) is 0 Å². The monoisotopic (exact) mass is 364 g/mol. The molecule has 0 saturated carbocycles. The molecule has 0 aromatic heterocycles. The van der Waals surface area contributed by atoms with E-state index in [-0.39, 0.29) is 42.2 Å². The van der Waals surface area contributed by atoms with Crippen molar-refractivity contribution < 1.29 is 24.0 Å². The third-order valence-corrected chi connectivity index (χ3v) is 4.44. The summed E-state index contributed by atoms with van der Waals surface area (Å²) in [6, 6.07) is 4.04. The number of nitro groups is 1. The van der Waals surface area contributed by atoms with E-state index in [1.807, 2.05) is 6.92 Å². The highest BCUT2D eigenvalue weighted by Gasteiger charge is 2.26. The van der Waals surface area contributed by atoms with Gasteiger partial charge in [0.15, 0.2) is 12.4 Å². The molecule has 26 heavy (non-hydrogen) atoms. The van der Waals surface area contributed by atoms with Crippen molar-refractivity contribution in [2.24, 2.45) is 0 Å². The first kappa shape index (κ1) is 19.7. The summed E-state index contributed by atoms with van der Waals surface area (Å²) in [5.74, 6) is -0.913. The molecule has 1 aliphatic heterocycles. The fourth-order valence-electron chi connectivity index (χ4n) is 3.11. The van der Waals surface area contributed by atoms with Gasteiger partial charge in [-0.25, -0.2) is 4.79 Å². The third-order valence-electron chi connectivity index (χ3n) is 4.44. The van der Waals surface area contributed by atoms with Gasteiger partial charge in [0, 0.05) is 18.7 Å². The van der Waals surface area contributed by atoms with Gasteiger partial charge in [-0.15, -0.1) is 0 Å². The Morgan fingerprint density at radius 1 is 1.31 bits per heavy atom. The maximum absolute atomic E-state index is 12.3.